The maximum atomic E-state index is 12.1. The van der Waals surface area contributed by atoms with Crippen LogP contribution in [0.5, 0.6) is 0 Å². The summed E-state index contributed by atoms with van der Waals surface area (Å²) in [6, 6.07) is -0.297. The van der Waals surface area contributed by atoms with Crippen LogP contribution in [0.3, 0.4) is 0 Å². The molecule has 7 nitrogen and oxygen atoms in total. The summed E-state index contributed by atoms with van der Waals surface area (Å²) >= 11 is 1.29. The van der Waals surface area contributed by atoms with Crippen molar-refractivity contribution in [1.82, 2.24) is 9.80 Å². The molecule has 1 fully saturated rings. The number of amides is 1. The van der Waals surface area contributed by atoms with Crippen molar-refractivity contribution >= 4 is 29.5 Å². The third-order valence-electron chi connectivity index (χ3n) is 4.22. The van der Waals surface area contributed by atoms with Crippen LogP contribution in [0.1, 0.15) is 13.8 Å². The molecule has 0 saturated carbocycles. The van der Waals surface area contributed by atoms with Crippen LogP contribution in [0.25, 0.3) is 0 Å². The van der Waals surface area contributed by atoms with Crippen molar-refractivity contribution in [1.29, 1.82) is 5.41 Å². The number of amidine groups is 1. The van der Waals surface area contributed by atoms with E-state index < -0.39 is 18.0 Å². The van der Waals surface area contributed by atoms with Gasteiger partial charge in [0.25, 0.3) is 0 Å². The molecule has 0 radical (unpaired) electrons. The number of carboxylic acid groups (broad SMARTS) is 1. The maximum absolute atomic E-state index is 12.1. The Labute approximate surface area is 133 Å². The minimum Gasteiger partial charge on any atom is -0.477 e. The highest BCUT2D eigenvalue weighted by Gasteiger charge is 2.59. The first-order chi connectivity index (χ1) is 10.2. The molecule has 8 heteroatoms. The average molecular weight is 327 g/mol. The normalized spacial score (nSPS) is 28.3. The van der Waals surface area contributed by atoms with Gasteiger partial charge in [-0.1, -0.05) is 6.92 Å². The van der Waals surface area contributed by atoms with E-state index in [-0.39, 0.29) is 23.6 Å². The van der Waals surface area contributed by atoms with Crippen molar-refractivity contribution in [2.45, 2.75) is 26.0 Å². The van der Waals surface area contributed by atoms with Gasteiger partial charge >= 0.3 is 5.97 Å². The van der Waals surface area contributed by atoms with E-state index in [1.807, 2.05) is 6.92 Å². The molecular weight excluding hydrogens is 306 g/mol. The van der Waals surface area contributed by atoms with Crippen molar-refractivity contribution < 1.29 is 19.8 Å². The minimum absolute atomic E-state index is 0.0101. The lowest BCUT2D eigenvalue weighted by Crippen LogP contribution is -2.63. The average Bonchev–Trinajstić information content (AvgIpc) is 2.65. The van der Waals surface area contributed by atoms with E-state index in [0.717, 1.165) is 0 Å². The van der Waals surface area contributed by atoms with Crippen molar-refractivity contribution in [2.24, 2.45) is 11.8 Å². The Morgan fingerprint density at radius 1 is 1.50 bits per heavy atom. The largest absolute Gasteiger partial charge is 0.477 e. The van der Waals surface area contributed by atoms with Gasteiger partial charge in [-0.25, -0.2) is 4.79 Å². The van der Waals surface area contributed by atoms with E-state index in [1.54, 1.807) is 25.9 Å². The molecule has 0 aromatic heterocycles. The summed E-state index contributed by atoms with van der Waals surface area (Å²) < 4.78 is 0. The molecule has 2 aliphatic rings. The number of aliphatic carboxylic acids is 1. The fourth-order valence-electron chi connectivity index (χ4n) is 2.99. The van der Waals surface area contributed by atoms with Gasteiger partial charge in [-0.05, 0) is 6.92 Å². The highest BCUT2D eigenvalue weighted by atomic mass is 32.2. The molecule has 2 rings (SSSR count). The second kappa shape index (κ2) is 5.92. The van der Waals surface area contributed by atoms with Crippen molar-refractivity contribution in [3.63, 3.8) is 0 Å². The minimum atomic E-state index is -1.13. The van der Waals surface area contributed by atoms with Crippen molar-refractivity contribution in [3.05, 3.63) is 10.6 Å². The van der Waals surface area contributed by atoms with Crippen molar-refractivity contribution in [2.75, 3.05) is 19.8 Å². The van der Waals surface area contributed by atoms with E-state index in [9.17, 15) is 19.8 Å². The van der Waals surface area contributed by atoms with Crippen LogP contribution in [0.2, 0.25) is 0 Å². The van der Waals surface area contributed by atoms with Gasteiger partial charge in [0.05, 0.1) is 23.8 Å². The molecule has 4 atom stereocenters. The zero-order valence-electron chi connectivity index (χ0n) is 13.0. The Bertz CT molecular complexity index is 558. The van der Waals surface area contributed by atoms with Crippen LogP contribution in [0.15, 0.2) is 10.6 Å². The zero-order chi connectivity index (χ0) is 16.8. The summed E-state index contributed by atoms with van der Waals surface area (Å²) in [6.07, 6.45) is -0.796. The summed E-state index contributed by atoms with van der Waals surface area (Å²) in [7, 11) is 3.52. The molecule has 3 N–H and O–H groups in total. The Balaban J connectivity index is 2.26. The lowest BCUT2D eigenvalue weighted by molar-refractivity contribution is -0.163. The molecule has 0 aromatic rings. The van der Waals surface area contributed by atoms with Gasteiger partial charge in [0.1, 0.15) is 11.5 Å². The number of carbonyl (C=O) groups excluding carboxylic acids is 1. The lowest BCUT2D eigenvalue weighted by atomic mass is 9.79. The van der Waals surface area contributed by atoms with E-state index in [1.165, 1.54) is 16.7 Å². The summed E-state index contributed by atoms with van der Waals surface area (Å²) in [4.78, 5) is 27.3. The van der Waals surface area contributed by atoms with Gasteiger partial charge in [0, 0.05) is 24.9 Å². The molecule has 0 aromatic carbocycles. The van der Waals surface area contributed by atoms with Crippen LogP contribution >= 0.6 is 11.8 Å². The summed E-state index contributed by atoms with van der Waals surface area (Å²) in [5, 5.41) is 27.0. The molecular formula is C14H21N3O4S. The highest BCUT2D eigenvalue weighted by Crippen LogP contribution is 2.50. The number of carboxylic acids is 1. The van der Waals surface area contributed by atoms with Gasteiger partial charge in [0.2, 0.25) is 5.91 Å². The third-order valence-corrected chi connectivity index (χ3v) is 5.51. The Morgan fingerprint density at radius 2 is 2.09 bits per heavy atom. The van der Waals surface area contributed by atoms with Gasteiger partial charge < -0.3 is 20.0 Å². The first-order valence-corrected chi connectivity index (χ1v) is 8.03. The van der Waals surface area contributed by atoms with E-state index in [4.69, 9.17) is 5.41 Å². The van der Waals surface area contributed by atoms with Gasteiger partial charge in [-0.15, -0.1) is 11.8 Å². The molecule has 1 saturated heterocycles. The quantitative estimate of drug-likeness (QED) is 0.384. The van der Waals surface area contributed by atoms with Gasteiger partial charge in [0.15, 0.2) is 0 Å². The first-order valence-electron chi connectivity index (χ1n) is 7.04. The Morgan fingerprint density at radius 3 is 2.55 bits per heavy atom. The van der Waals surface area contributed by atoms with Crippen LogP contribution in [-0.2, 0) is 9.59 Å². The molecule has 22 heavy (non-hydrogen) atoms. The molecule has 0 spiro atoms. The summed E-state index contributed by atoms with van der Waals surface area (Å²) in [5.74, 6) is -1.44. The number of aliphatic hydroxyl groups excluding tert-OH is 1. The molecule has 1 unspecified atom stereocenters. The Kier molecular flexibility index (Phi) is 4.53. The van der Waals surface area contributed by atoms with Crippen LogP contribution in [-0.4, -0.2) is 69.7 Å². The number of fused-ring (bicyclic) bond motifs is 1. The number of thioether (sulfide) groups is 1. The second-order valence-corrected chi connectivity index (χ2v) is 6.92. The molecule has 0 aliphatic carbocycles. The smallest absolute Gasteiger partial charge is 0.353 e. The summed E-state index contributed by atoms with van der Waals surface area (Å²) in [5.41, 5.74) is 0.0101. The monoisotopic (exact) mass is 327 g/mol. The standard InChI is InChI=1S/C14H21N3O4S/c1-6-10-9(7(2)18)13(19)17(10)11(14(20)21)12(6)22-5-8(15)16(3)4/h6-7,9-10,15,18H,5H2,1-4H3,(H,20,21)/t6-,7-,9-,10?/m1/s1. The number of nitrogens with one attached hydrogen (secondary N) is 1. The number of rotatable bonds is 5. The number of nitrogens with zero attached hydrogens (tertiary/aromatic N) is 2. The van der Waals surface area contributed by atoms with Crippen molar-refractivity contribution in [3.8, 4) is 0 Å². The second-order valence-electron chi connectivity index (χ2n) is 5.90. The molecule has 122 valence electrons. The van der Waals surface area contributed by atoms with Crippen LogP contribution < -0.4 is 0 Å². The highest BCUT2D eigenvalue weighted by molar-refractivity contribution is 8.03. The molecule has 2 heterocycles. The van der Waals surface area contributed by atoms with E-state index in [2.05, 4.69) is 0 Å². The number of aliphatic hydroxyl groups is 1. The fourth-order valence-corrected chi connectivity index (χ4v) is 4.27. The number of β-lactam (4-membered cyclic amide) rings is 1. The number of carbonyl (C=O) groups is 2. The molecule has 0 bridgehead atoms. The molecule has 1 amide bonds. The van der Waals surface area contributed by atoms with Gasteiger partial charge in [-0.2, -0.15) is 0 Å². The van der Waals surface area contributed by atoms with E-state index >= 15 is 0 Å². The molecule has 2 aliphatic heterocycles. The number of hydrogen-bond acceptors (Lipinski definition) is 5. The topological polar surface area (TPSA) is 105 Å². The fraction of sp³-hybridized carbons (Fsp3) is 0.643. The summed E-state index contributed by atoms with van der Waals surface area (Å²) in [6.45, 7) is 3.43. The van der Waals surface area contributed by atoms with Crippen LogP contribution in [0, 0.1) is 17.2 Å². The van der Waals surface area contributed by atoms with E-state index in [0.29, 0.717) is 16.5 Å². The van der Waals surface area contributed by atoms with Crippen LogP contribution in [0.4, 0.5) is 0 Å². The Hall–Kier alpha value is -1.54. The first kappa shape index (κ1) is 16.8. The van der Waals surface area contributed by atoms with Gasteiger partial charge in [-0.3, -0.25) is 10.2 Å². The maximum Gasteiger partial charge on any atom is 0.353 e. The third kappa shape index (κ3) is 2.50. The zero-order valence-corrected chi connectivity index (χ0v) is 13.8. The predicted octanol–water partition coefficient (Wildman–Crippen LogP) is 0.412. The number of hydrogen-bond donors (Lipinski definition) is 3. The SMILES string of the molecule is C[C@H]1C(SCC(=N)N(C)C)=C(C(=O)O)N2C(=O)[C@H]([C@@H](C)O)C12. The lowest BCUT2D eigenvalue weighted by Gasteiger charge is -2.46. The predicted molar refractivity (Wildman–Crippen MR) is 83.5 cm³/mol.